The summed E-state index contributed by atoms with van der Waals surface area (Å²) in [6, 6.07) is 0. The second-order valence-corrected chi connectivity index (χ2v) is 13.4. The van der Waals surface area contributed by atoms with Crippen LogP contribution in [-0.2, 0) is 38.4 Å². The Balaban J connectivity index is -0.000000251. The molecule has 0 aromatic carbocycles. The summed E-state index contributed by atoms with van der Waals surface area (Å²) in [5.74, 6) is -2.12. The summed E-state index contributed by atoms with van der Waals surface area (Å²) < 4.78 is 10.5. The molecule has 0 saturated heterocycles. The van der Waals surface area contributed by atoms with Crippen LogP contribution in [0.15, 0.2) is 48.7 Å². The fourth-order valence-electron chi connectivity index (χ4n) is 4.02. The van der Waals surface area contributed by atoms with Crippen molar-refractivity contribution in [2.75, 3.05) is 59.8 Å². The first kappa shape index (κ1) is 63.6. The van der Waals surface area contributed by atoms with Gasteiger partial charge >= 0.3 is 11.9 Å². The summed E-state index contributed by atoms with van der Waals surface area (Å²) in [4.78, 5) is 51.3. The highest BCUT2D eigenvalue weighted by molar-refractivity contribution is 5.90. The van der Waals surface area contributed by atoms with Gasteiger partial charge in [-0.05, 0) is 65.2 Å². The molecule has 6 N–H and O–H groups in total. The van der Waals surface area contributed by atoms with Crippen molar-refractivity contribution in [3.63, 3.8) is 0 Å². The number of aliphatic hydroxyl groups is 1. The van der Waals surface area contributed by atoms with E-state index in [2.05, 4.69) is 64.4 Å². The maximum Gasteiger partial charge on any atom is 0.335 e. The lowest BCUT2D eigenvalue weighted by atomic mass is 9.94. The molecule has 0 aliphatic heterocycles. The minimum Gasteiger partial charge on any atom is -0.480 e. The van der Waals surface area contributed by atoms with Gasteiger partial charge in [0.2, 0.25) is 12.3 Å². The predicted molar refractivity (Wildman–Crippen MR) is 235 cm³/mol. The lowest BCUT2D eigenvalue weighted by Gasteiger charge is -2.28. The number of carboxylic acids is 2. The fourth-order valence-corrected chi connectivity index (χ4v) is 4.02. The Labute approximate surface area is 352 Å². The van der Waals surface area contributed by atoms with E-state index in [1.165, 1.54) is 25.7 Å². The van der Waals surface area contributed by atoms with Gasteiger partial charge in [-0.2, -0.15) is 0 Å². The Hall–Kier alpha value is -3.56. The lowest BCUT2D eigenvalue weighted by molar-refractivity contribution is -0.290. The van der Waals surface area contributed by atoms with Crippen LogP contribution >= 0.6 is 0 Å². The Morgan fingerprint density at radius 2 is 1.43 bits per heavy atom. The molecule has 0 spiro atoms. The standard InChI is InChI=1S/C21H33NO6.C7H15N.C5H12O2.C4H9NO2.C4H8O.C3H8/c1-21(13-11-17(12-14-21)20(26)27)28-15-9-7-5-3-2-4-6-8-10-18(23)22-16-19(24)25;1-3-5-6-7-8-4-2;1-3-5-7-6-4-2;1-7-3-2-5-4-6;1-4(2)3-5;1-3-2/h11-13H,2-10,14-16H2,1H3,(H,22,23)(H,24,25)(H,26,27);4,8H,2-3,5-7H2,1H3;3-5H2,1-2H3;4H,2-3H2,1H3,(H,5,6);5H,1,3H2,2H3;3H2,1-2H3. The molecule has 0 saturated carbocycles. The number of amides is 2. The van der Waals surface area contributed by atoms with Gasteiger partial charge in [-0.15, -0.1) is 0 Å². The van der Waals surface area contributed by atoms with Crippen molar-refractivity contribution in [1.82, 2.24) is 16.0 Å². The molecule has 0 heterocycles. The number of unbranched alkanes of at least 4 members (excludes halogenated alkanes) is 9. The summed E-state index contributed by atoms with van der Waals surface area (Å²) in [5.41, 5.74) is 0.724. The van der Waals surface area contributed by atoms with Gasteiger partial charge in [-0.1, -0.05) is 116 Å². The van der Waals surface area contributed by atoms with Gasteiger partial charge in [-0.3, -0.25) is 14.4 Å². The highest BCUT2D eigenvalue weighted by Crippen LogP contribution is 2.25. The first-order valence-corrected chi connectivity index (χ1v) is 21.0. The fraction of sp³-hybridized carbons (Fsp3) is 0.727. The topological polar surface area (TPSA) is 202 Å². The number of carboxylic acid groups (broad SMARTS) is 2. The largest absolute Gasteiger partial charge is 0.480 e. The van der Waals surface area contributed by atoms with Gasteiger partial charge in [0.05, 0.1) is 37.6 Å². The van der Waals surface area contributed by atoms with Crippen molar-refractivity contribution >= 4 is 24.3 Å². The summed E-state index contributed by atoms with van der Waals surface area (Å²) in [6.45, 7) is 25.2. The molecular weight excluding hydrogens is 746 g/mol. The highest BCUT2D eigenvalue weighted by atomic mass is 17.2. The quantitative estimate of drug-likeness (QED) is 0.0139. The number of hydrogen-bond donors (Lipinski definition) is 6. The zero-order valence-corrected chi connectivity index (χ0v) is 37.7. The lowest BCUT2D eigenvalue weighted by Crippen LogP contribution is -2.28. The van der Waals surface area contributed by atoms with Crippen LogP contribution in [0.25, 0.3) is 0 Å². The van der Waals surface area contributed by atoms with Crippen LogP contribution in [0.1, 0.15) is 145 Å². The van der Waals surface area contributed by atoms with E-state index < -0.39 is 17.5 Å². The SMILES string of the molecule is C=C(C)CO.C=CNCCCCC.CC1(OCCCCCCCCCCC(=O)NCC(=O)O)C=CC(C(=O)O)=CC1.CCC.CCCOOCC.COCCNC=O. The van der Waals surface area contributed by atoms with E-state index in [4.69, 9.17) is 20.1 Å². The first-order chi connectivity index (χ1) is 27.7. The molecule has 58 heavy (non-hydrogen) atoms. The van der Waals surface area contributed by atoms with E-state index in [1.807, 2.05) is 26.8 Å². The third-order valence-corrected chi connectivity index (χ3v) is 7.12. The number of aliphatic hydroxyl groups excluding tert-OH is 1. The number of nitrogens with one attached hydrogen (secondary N) is 3. The molecule has 1 unspecified atom stereocenters. The number of hydrogen-bond acceptors (Lipinski definition) is 10. The molecule has 0 aromatic rings. The third kappa shape index (κ3) is 61.7. The van der Waals surface area contributed by atoms with Crippen molar-refractivity contribution < 1.29 is 53.7 Å². The minimum absolute atomic E-state index is 0.111. The molecule has 0 fully saturated rings. The van der Waals surface area contributed by atoms with E-state index in [0.717, 1.165) is 69.9 Å². The van der Waals surface area contributed by atoms with Crippen LogP contribution in [0.3, 0.4) is 0 Å². The molecule has 1 atom stereocenters. The number of rotatable bonds is 29. The van der Waals surface area contributed by atoms with Gasteiger partial charge in [0.15, 0.2) is 0 Å². The Morgan fingerprint density at radius 3 is 1.86 bits per heavy atom. The van der Waals surface area contributed by atoms with E-state index in [0.29, 0.717) is 57.8 Å². The second-order valence-electron chi connectivity index (χ2n) is 13.4. The van der Waals surface area contributed by atoms with Crippen LogP contribution in [0.4, 0.5) is 0 Å². The molecule has 1 rings (SSSR count). The third-order valence-electron chi connectivity index (χ3n) is 7.12. The first-order valence-electron chi connectivity index (χ1n) is 21.0. The molecule has 14 heteroatoms. The van der Waals surface area contributed by atoms with Gasteiger partial charge < -0.3 is 40.7 Å². The number of methoxy groups -OCH3 is 1. The van der Waals surface area contributed by atoms with Gasteiger partial charge in [-0.25, -0.2) is 14.6 Å². The highest BCUT2D eigenvalue weighted by Gasteiger charge is 2.24. The monoisotopic (exact) mass is 832 g/mol. The molecule has 1 aliphatic rings. The Bertz CT molecular complexity index is 1020. The molecule has 0 aromatic heterocycles. The average Bonchev–Trinajstić information content (AvgIpc) is 3.19. The summed E-state index contributed by atoms with van der Waals surface area (Å²) >= 11 is 0. The summed E-state index contributed by atoms with van der Waals surface area (Å²) in [6.07, 6.45) is 23.1. The van der Waals surface area contributed by atoms with Crippen LogP contribution < -0.4 is 16.0 Å². The zero-order chi connectivity index (χ0) is 45.1. The number of carbonyl (C=O) groups excluding carboxylic acids is 2. The molecule has 2 amide bonds. The number of aliphatic carboxylic acids is 2. The molecule has 342 valence electrons. The predicted octanol–water partition coefficient (Wildman–Crippen LogP) is 8.07. The molecule has 0 radical (unpaired) electrons. The molecule has 1 aliphatic carbocycles. The van der Waals surface area contributed by atoms with Crippen molar-refractivity contribution in [1.29, 1.82) is 0 Å². The molecule has 14 nitrogen and oxygen atoms in total. The van der Waals surface area contributed by atoms with Crippen LogP contribution in [0, 0.1) is 0 Å². The summed E-state index contributed by atoms with van der Waals surface area (Å²) in [5, 5.41) is 33.3. The van der Waals surface area contributed by atoms with E-state index in [9.17, 15) is 19.2 Å². The van der Waals surface area contributed by atoms with Crippen LogP contribution in [-0.4, -0.2) is 105 Å². The van der Waals surface area contributed by atoms with Gasteiger partial charge in [0.25, 0.3) is 0 Å². The summed E-state index contributed by atoms with van der Waals surface area (Å²) in [7, 11) is 1.59. The van der Waals surface area contributed by atoms with E-state index in [-0.39, 0.29) is 19.1 Å². The smallest absolute Gasteiger partial charge is 0.335 e. The van der Waals surface area contributed by atoms with Crippen LogP contribution in [0.5, 0.6) is 0 Å². The minimum atomic E-state index is -1.02. The Morgan fingerprint density at radius 1 is 0.845 bits per heavy atom. The van der Waals surface area contributed by atoms with Crippen molar-refractivity contribution in [3.8, 4) is 0 Å². The molecular formula is C44H85N3O11. The zero-order valence-electron chi connectivity index (χ0n) is 37.7. The second kappa shape index (κ2) is 53.4. The number of ether oxygens (including phenoxy) is 2. The van der Waals surface area contributed by atoms with E-state index >= 15 is 0 Å². The number of carbonyl (C=O) groups is 4. The van der Waals surface area contributed by atoms with Gasteiger partial charge in [0, 0.05) is 33.2 Å². The van der Waals surface area contributed by atoms with E-state index in [1.54, 1.807) is 32.4 Å². The molecule has 0 bridgehead atoms. The normalized spacial score (nSPS) is 13.2. The maximum absolute atomic E-state index is 11.3. The van der Waals surface area contributed by atoms with Crippen LogP contribution in [0.2, 0.25) is 0 Å². The average molecular weight is 832 g/mol. The van der Waals surface area contributed by atoms with Crippen molar-refractivity contribution in [2.45, 2.75) is 150 Å². The maximum atomic E-state index is 11.3. The van der Waals surface area contributed by atoms with Crippen molar-refractivity contribution in [3.05, 3.63) is 48.7 Å². The van der Waals surface area contributed by atoms with Gasteiger partial charge in [0.1, 0.15) is 6.54 Å². The Kier molecular flexibility index (Phi) is 58.6. The van der Waals surface area contributed by atoms with Crippen molar-refractivity contribution in [2.24, 2.45) is 0 Å².